The third kappa shape index (κ3) is 0.971. The normalized spacial score (nSPS) is 9.33. The Morgan fingerprint density at radius 1 is 1.83 bits per heavy atom. The second-order valence-electron chi connectivity index (χ2n) is 2.14. The quantitative estimate of drug-likeness (QED) is 0.589. The van der Waals surface area contributed by atoms with Gasteiger partial charge in [-0.15, -0.1) is 0 Å². The molecular weight excluding hydrogens is 160 g/mol. The minimum atomic E-state index is -1.25. The third-order valence-electron chi connectivity index (χ3n) is 1.44. The number of carboxylic acids is 1. The number of rotatable bonds is 1. The van der Waals surface area contributed by atoms with Gasteiger partial charge in [0.1, 0.15) is 6.07 Å². The number of nitrogens with two attached hydrogens (primary N) is 1. The lowest BCUT2D eigenvalue weighted by atomic mass is 10.3. The molecule has 0 bridgehead atoms. The highest BCUT2D eigenvalue weighted by molar-refractivity contribution is 5.88. The van der Waals surface area contributed by atoms with Crippen molar-refractivity contribution in [2.24, 2.45) is 7.05 Å². The van der Waals surface area contributed by atoms with E-state index >= 15 is 0 Å². The van der Waals surface area contributed by atoms with E-state index in [-0.39, 0.29) is 17.3 Å². The smallest absolute Gasteiger partial charge is 0.357 e. The monoisotopic (exact) mass is 166 g/mol. The zero-order valence-corrected chi connectivity index (χ0v) is 6.27. The second kappa shape index (κ2) is 2.54. The van der Waals surface area contributed by atoms with Crippen LogP contribution in [0.25, 0.3) is 0 Å². The van der Waals surface area contributed by atoms with Crippen LogP contribution in [0.5, 0.6) is 0 Å². The van der Waals surface area contributed by atoms with Gasteiger partial charge in [0, 0.05) is 7.05 Å². The second-order valence-corrected chi connectivity index (χ2v) is 2.14. The Labute approximate surface area is 67.9 Å². The summed E-state index contributed by atoms with van der Waals surface area (Å²) in [5.41, 5.74) is 4.94. The summed E-state index contributed by atoms with van der Waals surface area (Å²) < 4.78 is 1.23. The molecule has 0 aliphatic heterocycles. The number of aromatic nitrogens is 2. The molecule has 0 aliphatic carbocycles. The van der Waals surface area contributed by atoms with E-state index < -0.39 is 5.97 Å². The van der Waals surface area contributed by atoms with Crippen molar-refractivity contribution < 1.29 is 9.90 Å². The van der Waals surface area contributed by atoms with Crippen LogP contribution in [0.2, 0.25) is 0 Å². The summed E-state index contributed by atoms with van der Waals surface area (Å²) in [7, 11) is 1.48. The van der Waals surface area contributed by atoms with E-state index in [2.05, 4.69) is 4.98 Å². The van der Waals surface area contributed by atoms with E-state index in [1.165, 1.54) is 11.6 Å². The molecule has 1 rings (SSSR count). The summed E-state index contributed by atoms with van der Waals surface area (Å²) in [6.45, 7) is 0. The van der Waals surface area contributed by atoms with Crippen LogP contribution >= 0.6 is 0 Å². The summed E-state index contributed by atoms with van der Waals surface area (Å²) in [5.74, 6) is -1.23. The summed E-state index contributed by atoms with van der Waals surface area (Å²) in [5, 5.41) is 17.1. The van der Waals surface area contributed by atoms with Gasteiger partial charge in [-0.1, -0.05) is 0 Å². The van der Waals surface area contributed by atoms with Gasteiger partial charge < -0.3 is 15.4 Å². The standard InChI is InChI=1S/C6H6N4O2/c1-10-3(2-7)4(5(11)12)9-6(10)8/h1H3,(H2,8,9)(H,11,12). The number of hydrogen-bond donors (Lipinski definition) is 2. The fraction of sp³-hybridized carbons (Fsp3) is 0.167. The predicted octanol–water partition coefficient (Wildman–Crippen LogP) is -0.428. The van der Waals surface area contributed by atoms with Crippen molar-refractivity contribution in [3.05, 3.63) is 11.4 Å². The molecule has 0 radical (unpaired) electrons. The number of hydrogen-bond acceptors (Lipinski definition) is 4. The molecule has 1 aromatic heterocycles. The average Bonchev–Trinajstić information content (AvgIpc) is 2.29. The van der Waals surface area contributed by atoms with E-state index in [0.717, 1.165) is 0 Å². The van der Waals surface area contributed by atoms with E-state index in [0.29, 0.717) is 0 Å². The molecule has 0 aromatic carbocycles. The van der Waals surface area contributed by atoms with Gasteiger partial charge in [-0.05, 0) is 0 Å². The van der Waals surface area contributed by atoms with Crippen molar-refractivity contribution >= 4 is 11.9 Å². The van der Waals surface area contributed by atoms with Gasteiger partial charge in [0.25, 0.3) is 0 Å². The maximum Gasteiger partial charge on any atom is 0.357 e. The Balaban J connectivity index is 3.42. The van der Waals surface area contributed by atoms with E-state index in [4.69, 9.17) is 16.1 Å². The minimum Gasteiger partial charge on any atom is -0.476 e. The minimum absolute atomic E-state index is 0.0175. The fourth-order valence-electron chi connectivity index (χ4n) is 0.793. The average molecular weight is 166 g/mol. The highest BCUT2D eigenvalue weighted by Crippen LogP contribution is 2.10. The number of aromatic carboxylic acids is 1. The van der Waals surface area contributed by atoms with Crippen LogP contribution in [-0.2, 0) is 7.05 Å². The lowest BCUT2D eigenvalue weighted by molar-refractivity contribution is 0.0690. The SMILES string of the molecule is Cn1c(N)nc(C(=O)O)c1C#N. The molecule has 0 spiro atoms. The maximum absolute atomic E-state index is 10.5. The summed E-state index contributed by atoms with van der Waals surface area (Å²) in [6.07, 6.45) is 0. The van der Waals surface area contributed by atoms with E-state index in [1.54, 1.807) is 6.07 Å². The summed E-state index contributed by atoms with van der Waals surface area (Å²) in [4.78, 5) is 14.0. The first kappa shape index (κ1) is 8.07. The molecule has 1 aromatic rings. The molecule has 12 heavy (non-hydrogen) atoms. The van der Waals surface area contributed by atoms with Crippen molar-refractivity contribution in [3.63, 3.8) is 0 Å². The Morgan fingerprint density at radius 2 is 2.42 bits per heavy atom. The molecule has 0 aliphatic rings. The molecule has 0 atom stereocenters. The number of nitrogens with zero attached hydrogens (tertiary/aromatic N) is 3. The fourth-order valence-corrected chi connectivity index (χ4v) is 0.793. The van der Waals surface area contributed by atoms with Crippen LogP contribution in [-0.4, -0.2) is 20.6 Å². The zero-order valence-electron chi connectivity index (χ0n) is 6.27. The van der Waals surface area contributed by atoms with Gasteiger partial charge >= 0.3 is 5.97 Å². The molecule has 0 saturated heterocycles. The van der Waals surface area contributed by atoms with Crippen molar-refractivity contribution in [1.29, 1.82) is 5.26 Å². The van der Waals surface area contributed by atoms with Crippen molar-refractivity contribution in [2.75, 3.05) is 5.73 Å². The van der Waals surface area contributed by atoms with Crippen LogP contribution in [0.15, 0.2) is 0 Å². The third-order valence-corrected chi connectivity index (χ3v) is 1.44. The van der Waals surface area contributed by atoms with Crippen LogP contribution < -0.4 is 5.73 Å². The van der Waals surface area contributed by atoms with Crippen LogP contribution in [0, 0.1) is 11.3 Å². The summed E-state index contributed by atoms with van der Waals surface area (Å²) >= 11 is 0. The molecule has 0 unspecified atom stereocenters. The number of nitriles is 1. The number of imidazole rings is 1. The van der Waals surface area contributed by atoms with E-state index in [1.807, 2.05) is 0 Å². The van der Waals surface area contributed by atoms with Crippen molar-refractivity contribution in [2.45, 2.75) is 0 Å². The lowest BCUT2D eigenvalue weighted by Gasteiger charge is -1.92. The first-order valence-corrected chi connectivity index (χ1v) is 3.03. The molecule has 1 heterocycles. The van der Waals surface area contributed by atoms with Gasteiger partial charge in [0.05, 0.1) is 0 Å². The Kier molecular flexibility index (Phi) is 1.71. The Bertz CT molecular complexity index is 374. The number of anilines is 1. The highest BCUT2D eigenvalue weighted by Gasteiger charge is 2.17. The molecule has 0 fully saturated rings. The summed E-state index contributed by atoms with van der Waals surface area (Å²) in [6, 6.07) is 1.71. The van der Waals surface area contributed by atoms with Gasteiger partial charge in [0.15, 0.2) is 11.4 Å². The molecule has 0 saturated carbocycles. The first-order valence-electron chi connectivity index (χ1n) is 3.03. The number of carboxylic acid groups (broad SMARTS) is 1. The molecule has 3 N–H and O–H groups in total. The molecule has 6 nitrogen and oxygen atoms in total. The zero-order chi connectivity index (χ0) is 9.30. The molecule has 6 heteroatoms. The predicted molar refractivity (Wildman–Crippen MR) is 39.3 cm³/mol. The maximum atomic E-state index is 10.5. The molecular formula is C6H6N4O2. The van der Waals surface area contributed by atoms with Gasteiger partial charge in [-0.25, -0.2) is 9.78 Å². The van der Waals surface area contributed by atoms with Crippen LogP contribution in [0.3, 0.4) is 0 Å². The Morgan fingerprint density at radius 3 is 2.75 bits per heavy atom. The largest absolute Gasteiger partial charge is 0.476 e. The number of carbonyl (C=O) groups is 1. The lowest BCUT2D eigenvalue weighted by Crippen LogP contribution is -2.01. The van der Waals surface area contributed by atoms with Crippen LogP contribution in [0.1, 0.15) is 16.2 Å². The van der Waals surface area contributed by atoms with Crippen molar-refractivity contribution in [3.8, 4) is 6.07 Å². The van der Waals surface area contributed by atoms with E-state index in [9.17, 15) is 4.79 Å². The topological polar surface area (TPSA) is 105 Å². The van der Waals surface area contributed by atoms with Gasteiger partial charge in [0.2, 0.25) is 5.95 Å². The number of nitrogen functional groups attached to an aromatic ring is 1. The van der Waals surface area contributed by atoms with Crippen LogP contribution in [0.4, 0.5) is 5.95 Å². The van der Waals surface area contributed by atoms with Crippen molar-refractivity contribution in [1.82, 2.24) is 9.55 Å². The van der Waals surface area contributed by atoms with Gasteiger partial charge in [-0.2, -0.15) is 5.26 Å². The van der Waals surface area contributed by atoms with Gasteiger partial charge in [-0.3, -0.25) is 0 Å². The Hall–Kier alpha value is -2.03. The molecule has 62 valence electrons. The molecule has 0 amide bonds. The first-order chi connectivity index (χ1) is 5.57. The highest BCUT2D eigenvalue weighted by atomic mass is 16.4.